The molecule has 6 nitrogen and oxygen atoms in total. The van der Waals surface area contributed by atoms with Gasteiger partial charge < -0.3 is 14.8 Å². The van der Waals surface area contributed by atoms with Gasteiger partial charge in [-0.15, -0.1) is 0 Å². The number of hydrogen-bond donors (Lipinski definition) is 1. The van der Waals surface area contributed by atoms with Crippen molar-refractivity contribution in [2.45, 2.75) is 37.8 Å². The van der Waals surface area contributed by atoms with E-state index < -0.39 is 12.1 Å². The number of amides is 1. The molecule has 32 heavy (non-hydrogen) atoms. The number of likely N-dealkylation sites (tertiary alicyclic amines) is 1. The van der Waals surface area contributed by atoms with Crippen molar-refractivity contribution in [1.82, 2.24) is 15.2 Å². The van der Waals surface area contributed by atoms with Crippen LogP contribution < -0.4 is 14.8 Å². The summed E-state index contributed by atoms with van der Waals surface area (Å²) in [4.78, 5) is 19.8. The Kier molecular flexibility index (Phi) is 4.67. The van der Waals surface area contributed by atoms with Crippen molar-refractivity contribution >= 4 is 16.8 Å². The van der Waals surface area contributed by atoms with Gasteiger partial charge in [-0.1, -0.05) is 12.1 Å². The van der Waals surface area contributed by atoms with Gasteiger partial charge in [0, 0.05) is 29.3 Å². The Hall–Kier alpha value is -3.12. The van der Waals surface area contributed by atoms with Gasteiger partial charge in [-0.3, -0.25) is 14.7 Å². The Bertz CT molecular complexity index is 1260. The summed E-state index contributed by atoms with van der Waals surface area (Å²) in [5.74, 6) is 0.847. The molecule has 1 aliphatic heterocycles. The fourth-order valence-electron chi connectivity index (χ4n) is 4.25. The summed E-state index contributed by atoms with van der Waals surface area (Å²) < 4.78 is 27.9. The molecule has 0 radical (unpaired) electrons. The first-order valence-corrected chi connectivity index (χ1v) is 11.0. The van der Waals surface area contributed by atoms with Crippen LogP contribution in [-0.2, 0) is 5.54 Å². The van der Waals surface area contributed by atoms with Crippen LogP contribution in [0.5, 0.6) is 11.5 Å². The second kappa shape index (κ2) is 8.10. The molecule has 0 bridgehead atoms. The molecule has 6 heteroatoms. The van der Waals surface area contributed by atoms with Gasteiger partial charge >= 0.3 is 0 Å². The maximum atomic E-state index is 13.4. The molecule has 1 aromatic heterocycles. The van der Waals surface area contributed by atoms with Gasteiger partial charge in [-0.05, 0) is 75.2 Å². The van der Waals surface area contributed by atoms with Gasteiger partial charge in [-0.25, -0.2) is 0 Å². The first kappa shape index (κ1) is 18.5. The maximum absolute atomic E-state index is 13.4. The van der Waals surface area contributed by atoms with E-state index in [1.165, 1.54) is 0 Å². The predicted molar refractivity (Wildman–Crippen MR) is 124 cm³/mol. The number of aryl methyl sites for hydroxylation is 1. The molecule has 1 N–H and O–H groups in total. The minimum Gasteiger partial charge on any atom is -0.497 e. The lowest BCUT2D eigenvalue weighted by Crippen LogP contribution is -2.48. The number of benzene rings is 2. The van der Waals surface area contributed by atoms with E-state index in [1.54, 1.807) is 31.5 Å². The lowest BCUT2D eigenvalue weighted by molar-refractivity contribution is 0.0767. The van der Waals surface area contributed by atoms with Gasteiger partial charge in [0.2, 0.25) is 0 Å². The zero-order chi connectivity index (χ0) is 24.1. The van der Waals surface area contributed by atoms with Crippen molar-refractivity contribution in [2.24, 2.45) is 0 Å². The minimum absolute atomic E-state index is 0.207. The van der Waals surface area contributed by atoms with Crippen molar-refractivity contribution in [2.75, 3.05) is 27.3 Å². The van der Waals surface area contributed by atoms with E-state index in [4.69, 9.17) is 12.2 Å². The first-order chi connectivity index (χ1) is 16.2. The Morgan fingerprint density at radius 1 is 1.28 bits per heavy atom. The highest BCUT2D eigenvalue weighted by molar-refractivity contribution is 5.97. The Balaban J connectivity index is 1.42. The van der Waals surface area contributed by atoms with Crippen LogP contribution in [0.15, 0.2) is 48.7 Å². The third-order valence-corrected chi connectivity index (χ3v) is 6.60. The van der Waals surface area contributed by atoms with Gasteiger partial charge in [-0.2, -0.15) is 0 Å². The lowest BCUT2D eigenvalue weighted by atomic mass is 9.97. The van der Waals surface area contributed by atoms with Crippen LogP contribution in [0.2, 0.25) is 0 Å². The number of nitrogens with zero attached hydrogens (tertiary/aromatic N) is 2. The second-order valence-corrected chi connectivity index (χ2v) is 8.76. The Labute approximate surface area is 191 Å². The van der Waals surface area contributed by atoms with Crippen molar-refractivity contribution in [3.8, 4) is 11.5 Å². The number of aromatic nitrogens is 1. The number of carbonyl (C=O) groups excluding carboxylic acids is 1. The van der Waals surface area contributed by atoms with Crippen molar-refractivity contribution < 1.29 is 17.0 Å². The zero-order valence-electron chi connectivity index (χ0n) is 20.6. The summed E-state index contributed by atoms with van der Waals surface area (Å²) in [5, 5.41) is 4.24. The smallest absolute Gasteiger partial charge is 0.252 e. The summed E-state index contributed by atoms with van der Waals surface area (Å²) in [6.07, 6.45) is 4.14. The third kappa shape index (κ3) is 3.79. The van der Waals surface area contributed by atoms with Gasteiger partial charge in [0.25, 0.3) is 5.91 Å². The van der Waals surface area contributed by atoms with Crippen molar-refractivity contribution in [3.05, 3.63) is 65.4 Å². The predicted octanol–water partition coefficient (Wildman–Crippen LogP) is 4.05. The van der Waals surface area contributed by atoms with E-state index in [2.05, 4.69) is 10.3 Å². The highest BCUT2D eigenvalue weighted by atomic mass is 16.5. The number of rotatable bonds is 7. The SMILES string of the molecule is [2H]C([2H])(Oc1ccc(C)c(C(=O)NC2(c3cc(OC)cc4ncccc34)CC2)c1)[C@@H]1CCN1C. The van der Waals surface area contributed by atoms with Gasteiger partial charge in [0.15, 0.2) is 0 Å². The van der Waals surface area contributed by atoms with Crippen LogP contribution in [0.1, 0.15) is 43.5 Å². The number of fused-ring (bicyclic) bond motifs is 1. The number of likely N-dealkylation sites (N-methyl/N-ethyl adjacent to an activating group) is 1. The average molecular weight is 434 g/mol. The van der Waals surface area contributed by atoms with Crippen molar-refractivity contribution in [1.29, 1.82) is 0 Å². The number of methoxy groups -OCH3 is 1. The Morgan fingerprint density at radius 2 is 2.12 bits per heavy atom. The van der Waals surface area contributed by atoms with Crippen LogP contribution in [0.3, 0.4) is 0 Å². The molecule has 1 saturated heterocycles. The number of nitrogens with one attached hydrogen (secondary N) is 1. The summed E-state index contributed by atoms with van der Waals surface area (Å²) in [6.45, 7) is 0.892. The topological polar surface area (TPSA) is 63.7 Å². The van der Waals surface area contributed by atoms with Crippen LogP contribution in [-0.4, -0.2) is 49.1 Å². The quantitative estimate of drug-likeness (QED) is 0.609. The number of carbonyl (C=O) groups is 1. The molecule has 0 unspecified atom stereocenters. The highest BCUT2D eigenvalue weighted by Crippen LogP contribution is 2.49. The summed E-state index contributed by atoms with van der Waals surface area (Å²) >= 11 is 0. The average Bonchev–Trinajstić information content (AvgIpc) is 3.58. The number of hydrogen-bond acceptors (Lipinski definition) is 5. The van der Waals surface area contributed by atoms with Crippen LogP contribution in [0.4, 0.5) is 0 Å². The summed E-state index contributed by atoms with van der Waals surface area (Å²) in [5.41, 5.74) is 2.62. The van der Waals surface area contributed by atoms with Gasteiger partial charge in [0.05, 0.1) is 20.9 Å². The van der Waals surface area contributed by atoms with E-state index in [-0.39, 0.29) is 11.9 Å². The molecule has 1 aliphatic carbocycles. The van der Waals surface area contributed by atoms with E-state index >= 15 is 0 Å². The minimum atomic E-state index is -1.83. The maximum Gasteiger partial charge on any atom is 0.252 e. The molecule has 166 valence electrons. The molecule has 1 amide bonds. The van der Waals surface area contributed by atoms with Crippen LogP contribution in [0, 0.1) is 6.92 Å². The fourth-order valence-corrected chi connectivity index (χ4v) is 4.25. The molecule has 1 saturated carbocycles. The largest absolute Gasteiger partial charge is 0.497 e. The second-order valence-electron chi connectivity index (χ2n) is 8.76. The fraction of sp³-hybridized carbons (Fsp3) is 0.385. The molecule has 2 fully saturated rings. The normalized spacial score (nSPS) is 20.7. The Morgan fingerprint density at radius 3 is 2.81 bits per heavy atom. The van der Waals surface area contributed by atoms with Crippen molar-refractivity contribution in [3.63, 3.8) is 0 Å². The molecule has 2 heterocycles. The van der Waals surface area contributed by atoms with E-state index in [9.17, 15) is 4.79 Å². The standard InChI is InChI=1S/C26H29N3O3/c1-17-6-7-19(32-16-18-8-12-29(18)2)13-22(17)25(30)28-26(9-10-26)23-14-20(31-3)15-24-21(23)5-4-11-27-24/h4-7,11,13-15,18H,8-10,12,16H2,1-3H3,(H,28,30)/t18-/m0/s1/i16D2. The monoisotopic (exact) mass is 433 g/mol. The molecule has 2 aromatic carbocycles. The van der Waals surface area contributed by atoms with Gasteiger partial charge in [0.1, 0.15) is 18.1 Å². The molecular formula is C26H29N3O3. The third-order valence-electron chi connectivity index (χ3n) is 6.60. The molecule has 1 atom stereocenters. The van der Waals surface area contributed by atoms with Crippen LogP contribution in [0.25, 0.3) is 10.9 Å². The van der Waals surface area contributed by atoms with E-state index in [0.717, 1.165) is 47.8 Å². The zero-order valence-corrected chi connectivity index (χ0v) is 18.6. The molecule has 0 spiro atoms. The summed E-state index contributed by atoms with van der Waals surface area (Å²) in [7, 11) is 3.51. The molecular weight excluding hydrogens is 402 g/mol. The molecule has 3 aromatic rings. The highest BCUT2D eigenvalue weighted by Gasteiger charge is 2.47. The van der Waals surface area contributed by atoms with E-state index in [1.807, 2.05) is 43.1 Å². The van der Waals surface area contributed by atoms with Crippen LogP contribution >= 0.6 is 0 Å². The molecule has 5 rings (SSSR count). The first-order valence-electron chi connectivity index (χ1n) is 12.0. The lowest BCUT2D eigenvalue weighted by Gasteiger charge is -2.37. The number of ether oxygens (including phenoxy) is 2. The molecule has 2 aliphatic rings. The van der Waals surface area contributed by atoms with E-state index in [0.29, 0.717) is 17.1 Å². The number of pyridine rings is 1. The summed E-state index contributed by atoms with van der Waals surface area (Å²) in [6, 6.07) is 12.7.